The van der Waals surface area contributed by atoms with Crippen LogP contribution < -0.4 is 0 Å². The Balaban J connectivity index is 0.000000200. The van der Waals surface area contributed by atoms with Crippen LogP contribution in [-0.2, 0) is 0 Å². The zero-order valence-electron chi connectivity index (χ0n) is 12.9. The summed E-state index contributed by atoms with van der Waals surface area (Å²) in [5.74, 6) is 0. The molecule has 20 heavy (non-hydrogen) atoms. The fourth-order valence-corrected chi connectivity index (χ4v) is 1.74. The fraction of sp³-hybridized carbons (Fsp3) is 0.200. The molecular weight excluding hydrogens is 240 g/mol. The van der Waals surface area contributed by atoms with Crippen molar-refractivity contribution in [2.75, 3.05) is 0 Å². The lowest BCUT2D eigenvalue weighted by Crippen LogP contribution is -1.75. The molecular formula is C20H24. The molecule has 0 unspecified atom stereocenters. The van der Waals surface area contributed by atoms with Crippen LogP contribution in [0.4, 0.5) is 0 Å². The standard InChI is InChI=1S/2C10H12/c2*1-3-9(2)10-7-5-4-6-8-10/h2*3-8H,1-2H3/b9-3+;9-3-. The molecule has 2 rings (SSSR count). The Morgan fingerprint density at radius 1 is 0.600 bits per heavy atom. The Labute approximate surface area is 123 Å². The molecule has 0 N–H and O–H groups in total. The molecule has 0 saturated heterocycles. The van der Waals surface area contributed by atoms with Crippen LogP contribution >= 0.6 is 0 Å². The van der Waals surface area contributed by atoms with Crippen molar-refractivity contribution in [2.45, 2.75) is 27.7 Å². The number of hydrogen-bond donors (Lipinski definition) is 0. The summed E-state index contributed by atoms with van der Waals surface area (Å²) in [7, 11) is 0. The van der Waals surface area contributed by atoms with E-state index in [1.807, 2.05) is 12.1 Å². The largest absolute Gasteiger partial charge is 0.0841 e. The second-order valence-electron chi connectivity index (χ2n) is 4.68. The third-order valence-electron chi connectivity index (χ3n) is 3.32. The van der Waals surface area contributed by atoms with Crippen molar-refractivity contribution < 1.29 is 0 Å². The quantitative estimate of drug-likeness (QED) is 0.604. The summed E-state index contributed by atoms with van der Waals surface area (Å²) in [4.78, 5) is 0. The van der Waals surface area contributed by atoms with E-state index in [0.29, 0.717) is 0 Å². The topological polar surface area (TPSA) is 0 Å². The zero-order chi connectivity index (χ0) is 14.8. The monoisotopic (exact) mass is 264 g/mol. The van der Waals surface area contributed by atoms with Gasteiger partial charge in [0.15, 0.2) is 0 Å². The first kappa shape index (κ1) is 16.0. The van der Waals surface area contributed by atoms with Gasteiger partial charge in [-0.3, -0.25) is 0 Å². The van der Waals surface area contributed by atoms with Gasteiger partial charge in [-0.2, -0.15) is 0 Å². The average Bonchev–Trinajstić information content (AvgIpc) is 2.55. The highest BCUT2D eigenvalue weighted by Crippen LogP contribution is 2.11. The predicted molar refractivity (Wildman–Crippen MR) is 91.5 cm³/mol. The Kier molecular flexibility index (Phi) is 7.13. The molecule has 0 atom stereocenters. The molecule has 0 fully saturated rings. The van der Waals surface area contributed by atoms with E-state index in [1.165, 1.54) is 22.3 Å². The van der Waals surface area contributed by atoms with Crippen LogP contribution in [0.3, 0.4) is 0 Å². The van der Waals surface area contributed by atoms with Crippen molar-refractivity contribution in [3.63, 3.8) is 0 Å². The van der Waals surface area contributed by atoms with Crippen LogP contribution in [0.2, 0.25) is 0 Å². The van der Waals surface area contributed by atoms with E-state index in [4.69, 9.17) is 0 Å². The first-order valence-electron chi connectivity index (χ1n) is 7.05. The van der Waals surface area contributed by atoms with Gasteiger partial charge in [-0.1, -0.05) is 72.8 Å². The van der Waals surface area contributed by atoms with E-state index in [9.17, 15) is 0 Å². The van der Waals surface area contributed by atoms with Crippen LogP contribution in [-0.4, -0.2) is 0 Å². The minimum Gasteiger partial charge on any atom is -0.0841 e. The third-order valence-corrected chi connectivity index (χ3v) is 3.32. The lowest BCUT2D eigenvalue weighted by atomic mass is 10.1. The molecule has 2 aromatic carbocycles. The average molecular weight is 264 g/mol. The summed E-state index contributed by atoms with van der Waals surface area (Å²) in [6, 6.07) is 20.8. The Morgan fingerprint density at radius 2 is 0.900 bits per heavy atom. The molecule has 0 bridgehead atoms. The van der Waals surface area contributed by atoms with Crippen molar-refractivity contribution in [2.24, 2.45) is 0 Å². The van der Waals surface area contributed by atoms with Gasteiger partial charge in [0.05, 0.1) is 0 Å². The van der Waals surface area contributed by atoms with Crippen molar-refractivity contribution in [1.82, 2.24) is 0 Å². The number of allylic oxidation sites excluding steroid dienone is 4. The Morgan fingerprint density at radius 3 is 1.15 bits per heavy atom. The molecule has 0 amide bonds. The van der Waals surface area contributed by atoms with Gasteiger partial charge in [0.2, 0.25) is 0 Å². The highest BCUT2D eigenvalue weighted by atomic mass is 13.9. The van der Waals surface area contributed by atoms with Crippen molar-refractivity contribution in [1.29, 1.82) is 0 Å². The molecule has 0 aliphatic carbocycles. The van der Waals surface area contributed by atoms with E-state index < -0.39 is 0 Å². The summed E-state index contributed by atoms with van der Waals surface area (Å²) < 4.78 is 0. The second-order valence-corrected chi connectivity index (χ2v) is 4.68. The van der Waals surface area contributed by atoms with Crippen LogP contribution in [0.1, 0.15) is 38.8 Å². The zero-order valence-corrected chi connectivity index (χ0v) is 12.9. The number of rotatable bonds is 2. The van der Waals surface area contributed by atoms with Crippen LogP contribution in [0.15, 0.2) is 72.8 Å². The van der Waals surface area contributed by atoms with Gasteiger partial charge in [-0.05, 0) is 50.0 Å². The molecule has 104 valence electrons. The van der Waals surface area contributed by atoms with Gasteiger partial charge in [-0.25, -0.2) is 0 Å². The van der Waals surface area contributed by atoms with Gasteiger partial charge in [0.1, 0.15) is 0 Å². The maximum Gasteiger partial charge on any atom is -0.0231 e. The van der Waals surface area contributed by atoms with Crippen LogP contribution in [0.5, 0.6) is 0 Å². The lowest BCUT2D eigenvalue weighted by molar-refractivity contribution is 1.54. The molecule has 2 aromatic rings. The predicted octanol–water partition coefficient (Wildman–Crippen LogP) is 6.22. The first-order valence-corrected chi connectivity index (χ1v) is 7.05. The van der Waals surface area contributed by atoms with Gasteiger partial charge in [0, 0.05) is 0 Å². The molecule has 0 aromatic heterocycles. The van der Waals surface area contributed by atoms with E-state index in [0.717, 1.165) is 0 Å². The molecule has 0 saturated carbocycles. The SMILES string of the molecule is C/C=C(/C)c1ccccc1.C/C=C(\C)c1ccccc1. The van der Waals surface area contributed by atoms with Gasteiger partial charge in [-0.15, -0.1) is 0 Å². The molecule has 0 nitrogen and oxygen atoms in total. The van der Waals surface area contributed by atoms with Crippen LogP contribution in [0.25, 0.3) is 11.1 Å². The minimum absolute atomic E-state index is 1.31. The summed E-state index contributed by atoms with van der Waals surface area (Å²) >= 11 is 0. The Bertz CT molecular complexity index is 492. The second kappa shape index (κ2) is 8.92. The maximum absolute atomic E-state index is 2.12. The summed E-state index contributed by atoms with van der Waals surface area (Å²) in [5, 5.41) is 0. The molecule has 0 aliphatic rings. The van der Waals surface area contributed by atoms with Crippen LogP contribution in [0, 0.1) is 0 Å². The molecule has 0 spiro atoms. The number of benzene rings is 2. The normalized spacial score (nSPS) is 11.6. The lowest BCUT2D eigenvalue weighted by Gasteiger charge is -1.97. The molecule has 0 heterocycles. The number of hydrogen-bond acceptors (Lipinski definition) is 0. The van der Waals surface area contributed by atoms with E-state index in [1.54, 1.807) is 0 Å². The first-order chi connectivity index (χ1) is 9.69. The summed E-state index contributed by atoms with van der Waals surface area (Å²) in [5.41, 5.74) is 5.29. The van der Waals surface area contributed by atoms with Crippen molar-refractivity contribution >= 4 is 11.1 Å². The maximum atomic E-state index is 2.12. The highest BCUT2D eigenvalue weighted by molar-refractivity contribution is 5.63. The minimum atomic E-state index is 1.31. The molecule has 0 radical (unpaired) electrons. The van der Waals surface area contributed by atoms with Gasteiger partial charge < -0.3 is 0 Å². The summed E-state index contributed by atoms with van der Waals surface area (Å²) in [6.07, 6.45) is 4.24. The third kappa shape index (κ3) is 5.27. The Hall–Kier alpha value is -2.08. The van der Waals surface area contributed by atoms with E-state index in [2.05, 4.69) is 88.4 Å². The van der Waals surface area contributed by atoms with E-state index >= 15 is 0 Å². The fourth-order valence-electron chi connectivity index (χ4n) is 1.74. The van der Waals surface area contributed by atoms with Gasteiger partial charge in [0.25, 0.3) is 0 Å². The molecule has 0 aliphatic heterocycles. The van der Waals surface area contributed by atoms with Gasteiger partial charge >= 0.3 is 0 Å². The van der Waals surface area contributed by atoms with Crippen molar-refractivity contribution in [3.05, 3.63) is 83.9 Å². The smallest absolute Gasteiger partial charge is 0.0231 e. The highest BCUT2D eigenvalue weighted by Gasteiger charge is 1.89. The summed E-state index contributed by atoms with van der Waals surface area (Å²) in [6.45, 7) is 8.36. The molecule has 0 heteroatoms. The van der Waals surface area contributed by atoms with Crippen molar-refractivity contribution in [3.8, 4) is 0 Å². The van der Waals surface area contributed by atoms with E-state index in [-0.39, 0.29) is 0 Å².